The molecule has 78 heavy (non-hydrogen) atoms. The predicted molar refractivity (Wildman–Crippen MR) is 289 cm³/mol. The van der Waals surface area contributed by atoms with Crippen LogP contribution in [0.15, 0.2) is 90.1 Å². The van der Waals surface area contributed by atoms with Crippen LogP contribution in [0.1, 0.15) is 118 Å². The summed E-state index contributed by atoms with van der Waals surface area (Å²) in [7, 11) is -3.41. The summed E-state index contributed by atoms with van der Waals surface area (Å²) >= 11 is 0. The van der Waals surface area contributed by atoms with E-state index in [2.05, 4.69) is 80.0 Å². The predicted octanol–water partition coefficient (Wildman–Crippen LogP) is 10.4. The number of methoxy groups -OCH3 is 1. The van der Waals surface area contributed by atoms with Gasteiger partial charge in [-0.2, -0.15) is 4.98 Å². The Morgan fingerprint density at radius 2 is 1.71 bits per heavy atom. The van der Waals surface area contributed by atoms with Gasteiger partial charge in [0.2, 0.25) is 5.82 Å². The number of H-pyrrole nitrogens is 1. The van der Waals surface area contributed by atoms with Gasteiger partial charge in [-0.15, -0.1) is 0 Å². The van der Waals surface area contributed by atoms with Crippen molar-refractivity contribution in [3.05, 3.63) is 135 Å². The lowest BCUT2D eigenvalue weighted by Crippen LogP contribution is -2.61. The van der Waals surface area contributed by atoms with Gasteiger partial charge in [0.15, 0.2) is 17.4 Å². The number of nitro groups is 1. The van der Waals surface area contributed by atoms with Gasteiger partial charge in [0, 0.05) is 87.5 Å². The molecular formula is C57H66F3N9O8S. The van der Waals surface area contributed by atoms with E-state index in [1.54, 1.807) is 25.1 Å². The maximum atomic E-state index is 14.9. The molecule has 3 aromatic heterocycles. The van der Waals surface area contributed by atoms with E-state index in [9.17, 15) is 41.6 Å². The molecule has 4 fully saturated rings. The third-order valence-electron chi connectivity index (χ3n) is 16.7. The monoisotopic (exact) mass is 1090 g/mol. The molecule has 5 heterocycles. The van der Waals surface area contributed by atoms with E-state index < -0.39 is 54.5 Å². The average molecular weight is 1090 g/mol. The molecule has 0 unspecified atom stereocenters. The number of nitrogens with zero attached hydrogens (tertiary/aromatic N) is 6. The van der Waals surface area contributed by atoms with Crippen LogP contribution in [0, 0.1) is 38.9 Å². The standard InChI is InChI=1S/C57H66F3N9O8S/c1-34(2)41-8-6-7-9-42(41)49-33-67(32-37-10-13-45(58)46(59)22-37)35(3)31-68(49)39-26-57(27-39)18-20-66(21-19-57)38-11-12-43(50(23-38)77-51-25-44-47(60)30-63-52(44)64-55(51)76-5)54(70)65-78(74,75)40-24-48(69(72)73)53(62-29-40)61-28-36-14-16-56(4,71)17-15-36/h6-13,22-25,29-30,34-36,39,49,71H,14-21,26-28,31-33H2,1-5H3,(H,61,62)(H,63,64)(H,65,70)/t35-,36?,49+,56?/m1/s1. The van der Waals surface area contributed by atoms with E-state index in [-0.39, 0.29) is 63.2 Å². The number of sulfonamides is 1. The highest BCUT2D eigenvalue weighted by molar-refractivity contribution is 7.90. The van der Waals surface area contributed by atoms with Crippen LogP contribution in [0.2, 0.25) is 0 Å². The van der Waals surface area contributed by atoms with Gasteiger partial charge in [-0.3, -0.25) is 24.7 Å². The number of aromatic amines is 1. The van der Waals surface area contributed by atoms with Crippen molar-refractivity contribution in [2.75, 3.05) is 50.1 Å². The molecule has 0 bridgehead atoms. The normalized spacial score (nSPS) is 22.1. The van der Waals surface area contributed by atoms with Crippen molar-refractivity contribution < 1.29 is 45.9 Å². The minimum absolute atomic E-state index is 0.0374. The van der Waals surface area contributed by atoms with Gasteiger partial charge in [0.25, 0.3) is 21.8 Å². The lowest BCUT2D eigenvalue weighted by Gasteiger charge is -2.59. The van der Waals surface area contributed by atoms with Crippen LogP contribution in [0.3, 0.4) is 0 Å². The molecule has 21 heteroatoms. The van der Waals surface area contributed by atoms with Gasteiger partial charge in [-0.1, -0.05) is 44.2 Å². The number of hydrogen-bond acceptors (Lipinski definition) is 14. The Balaban J connectivity index is 0.865. The lowest BCUT2D eigenvalue weighted by molar-refractivity contribution is -0.384. The van der Waals surface area contributed by atoms with Crippen LogP contribution in [0.5, 0.6) is 17.4 Å². The first-order valence-electron chi connectivity index (χ1n) is 26.7. The third-order valence-corrected chi connectivity index (χ3v) is 18.0. The van der Waals surface area contributed by atoms with Crippen molar-refractivity contribution in [2.24, 2.45) is 11.3 Å². The molecule has 4 aliphatic rings. The van der Waals surface area contributed by atoms with E-state index >= 15 is 0 Å². The van der Waals surface area contributed by atoms with Crippen molar-refractivity contribution in [2.45, 2.75) is 120 Å². The number of benzene rings is 3. The van der Waals surface area contributed by atoms with Gasteiger partial charge in [-0.05, 0) is 123 Å². The van der Waals surface area contributed by atoms with Crippen LogP contribution in [-0.2, 0) is 16.6 Å². The molecule has 10 rings (SSSR count). The Bertz CT molecular complexity index is 3330. The molecule has 17 nitrogen and oxygen atoms in total. The highest BCUT2D eigenvalue weighted by Gasteiger charge is 2.51. The first kappa shape index (κ1) is 54.5. The summed E-state index contributed by atoms with van der Waals surface area (Å²) in [4.78, 5) is 43.5. The van der Waals surface area contributed by atoms with E-state index in [0.29, 0.717) is 69.5 Å². The Kier molecular flexibility index (Phi) is 15.2. The highest BCUT2D eigenvalue weighted by Crippen LogP contribution is 2.54. The second-order valence-corrected chi connectivity index (χ2v) is 24.1. The smallest absolute Gasteiger partial charge is 0.312 e. The van der Waals surface area contributed by atoms with Gasteiger partial charge in [0.1, 0.15) is 22.1 Å². The van der Waals surface area contributed by atoms with Crippen molar-refractivity contribution in [3.63, 3.8) is 0 Å². The van der Waals surface area contributed by atoms with Crippen molar-refractivity contribution >= 4 is 44.2 Å². The van der Waals surface area contributed by atoms with Crippen molar-refractivity contribution in [1.29, 1.82) is 0 Å². The fourth-order valence-corrected chi connectivity index (χ4v) is 13.1. The van der Waals surface area contributed by atoms with Gasteiger partial charge < -0.3 is 29.8 Å². The molecule has 1 amide bonds. The summed E-state index contributed by atoms with van der Waals surface area (Å²) < 4.78 is 84.9. The molecule has 4 N–H and O–H groups in total. The Hall–Kier alpha value is -6.81. The van der Waals surface area contributed by atoms with Crippen molar-refractivity contribution in [3.8, 4) is 17.4 Å². The number of halogens is 3. The number of hydrogen-bond donors (Lipinski definition) is 4. The number of anilines is 2. The first-order chi connectivity index (χ1) is 37.2. The van der Waals surface area contributed by atoms with E-state index in [0.717, 1.165) is 62.8 Å². The minimum Gasteiger partial charge on any atom is -0.478 e. The Morgan fingerprint density at radius 1 is 0.962 bits per heavy atom. The largest absolute Gasteiger partial charge is 0.478 e. The number of piperazine rings is 1. The number of nitrogens with one attached hydrogen (secondary N) is 3. The number of aromatic nitrogens is 3. The highest BCUT2D eigenvalue weighted by atomic mass is 32.2. The first-order valence-corrected chi connectivity index (χ1v) is 28.2. The van der Waals surface area contributed by atoms with E-state index in [1.165, 1.54) is 42.5 Å². The molecule has 2 saturated carbocycles. The number of amides is 1. The van der Waals surface area contributed by atoms with Gasteiger partial charge >= 0.3 is 5.69 Å². The summed E-state index contributed by atoms with van der Waals surface area (Å²) in [6.07, 6.45) is 8.42. The number of rotatable bonds is 16. The summed E-state index contributed by atoms with van der Waals surface area (Å²) in [5.74, 6) is -3.30. The summed E-state index contributed by atoms with van der Waals surface area (Å²) in [6.45, 7) is 12.1. The molecule has 2 aliphatic carbocycles. The SMILES string of the molecule is COc1nc2[nH]cc(F)c2cc1Oc1cc(N2CCC3(CC2)CC(N2C[C@@H](C)N(Cc4ccc(F)c(F)c4)C[C@H]2c2ccccc2C(C)C)C3)ccc1C(=O)NS(=O)(=O)c1cnc(NCC2CCC(C)(O)CC2)c([N+](=O)[O-])c1. The summed E-state index contributed by atoms with van der Waals surface area (Å²) in [6, 6.07) is 20.3. The van der Waals surface area contributed by atoms with Crippen LogP contribution < -0.4 is 24.4 Å². The molecule has 1 spiro atoms. The van der Waals surface area contributed by atoms with Gasteiger partial charge in [-0.25, -0.2) is 31.3 Å². The topological polar surface area (TPSA) is 208 Å². The molecule has 3 aromatic carbocycles. The number of piperidine rings is 1. The minimum atomic E-state index is -4.77. The number of pyridine rings is 2. The molecule has 2 saturated heterocycles. The molecule has 2 atom stereocenters. The number of aliphatic hydroxyl groups is 1. The zero-order valence-corrected chi connectivity index (χ0v) is 45.2. The van der Waals surface area contributed by atoms with Crippen LogP contribution >= 0.6 is 0 Å². The van der Waals surface area contributed by atoms with Gasteiger partial charge in [0.05, 0.1) is 34.8 Å². The second kappa shape index (κ2) is 21.8. The molecule has 2 aliphatic heterocycles. The van der Waals surface area contributed by atoms with E-state index in [1.807, 2.05) is 4.72 Å². The maximum Gasteiger partial charge on any atom is 0.312 e. The third kappa shape index (κ3) is 11.4. The second-order valence-electron chi connectivity index (χ2n) is 22.4. The molecular weight excluding hydrogens is 1030 g/mol. The van der Waals surface area contributed by atoms with Crippen LogP contribution in [0.25, 0.3) is 11.0 Å². The van der Waals surface area contributed by atoms with Crippen LogP contribution in [-0.4, -0.2) is 107 Å². The number of fused-ring (bicyclic) bond motifs is 1. The summed E-state index contributed by atoms with van der Waals surface area (Å²) in [5.41, 5.74) is 2.71. The molecule has 414 valence electrons. The number of carbonyl (C=O) groups excluding carboxylic acids is 1. The molecule has 0 radical (unpaired) electrons. The average Bonchev–Trinajstić information content (AvgIpc) is 3.92. The van der Waals surface area contributed by atoms with Crippen LogP contribution in [0.4, 0.5) is 30.4 Å². The summed E-state index contributed by atoms with van der Waals surface area (Å²) in [5, 5.41) is 25.6. The fourth-order valence-electron chi connectivity index (χ4n) is 12.1. The Labute approximate surface area is 451 Å². The fraction of sp³-hybridized carbons (Fsp3) is 0.456. The molecule has 6 aromatic rings. The zero-order valence-electron chi connectivity index (χ0n) is 44.4. The van der Waals surface area contributed by atoms with Crippen molar-refractivity contribution in [1.82, 2.24) is 29.5 Å². The van der Waals surface area contributed by atoms with E-state index in [4.69, 9.17) is 9.47 Å². The zero-order chi connectivity index (χ0) is 55.3. The quantitative estimate of drug-likeness (QED) is 0.0525. The number of ether oxygens (including phenoxy) is 2. The Morgan fingerprint density at radius 3 is 2.41 bits per heavy atom. The maximum absolute atomic E-state index is 14.9. The lowest BCUT2D eigenvalue weighted by atomic mass is 9.59. The number of carbonyl (C=O) groups is 1.